The van der Waals surface area contributed by atoms with Crippen LogP contribution in [-0.2, 0) is 0 Å². The molecule has 1 amide bonds. The van der Waals surface area contributed by atoms with E-state index in [0.29, 0.717) is 18.0 Å². The predicted octanol–water partition coefficient (Wildman–Crippen LogP) is 2.55. The van der Waals surface area contributed by atoms with Crippen LogP contribution in [0.3, 0.4) is 0 Å². The van der Waals surface area contributed by atoms with Crippen molar-refractivity contribution in [3.05, 3.63) is 35.5 Å². The van der Waals surface area contributed by atoms with Crippen molar-refractivity contribution in [1.29, 1.82) is 0 Å². The van der Waals surface area contributed by atoms with Crippen LogP contribution in [0.5, 0.6) is 5.88 Å². The highest BCUT2D eigenvalue weighted by atomic mass is 16.5. The lowest BCUT2D eigenvalue weighted by molar-refractivity contribution is 0.0670. The van der Waals surface area contributed by atoms with Crippen LogP contribution in [0.15, 0.2) is 18.3 Å². The van der Waals surface area contributed by atoms with Crippen molar-refractivity contribution in [2.45, 2.75) is 52.7 Å². The number of rotatable bonds is 4. The molecule has 0 aromatic carbocycles. The maximum Gasteiger partial charge on any atom is 0.255 e. The first kappa shape index (κ1) is 17.4. The quantitative estimate of drug-likeness (QED) is 0.853. The first-order valence-corrected chi connectivity index (χ1v) is 8.76. The van der Waals surface area contributed by atoms with Gasteiger partial charge in [-0.15, -0.1) is 0 Å². The molecule has 7 nitrogen and oxygen atoms in total. The van der Waals surface area contributed by atoms with Crippen LogP contribution < -0.4 is 4.74 Å². The number of hydrogen-bond acceptors (Lipinski definition) is 5. The Morgan fingerprint density at radius 1 is 1.32 bits per heavy atom. The Labute approximate surface area is 148 Å². The minimum atomic E-state index is 0.00258. The number of piperidine rings is 1. The zero-order valence-electron chi connectivity index (χ0n) is 15.3. The summed E-state index contributed by atoms with van der Waals surface area (Å²) in [7, 11) is 0. The lowest BCUT2D eigenvalue weighted by atomic mass is 10.0. The summed E-state index contributed by atoms with van der Waals surface area (Å²) < 4.78 is 7.48. The summed E-state index contributed by atoms with van der Waals surface area (Å²) in [5.41, 5.74) is 0.586. The third-order valence-electron chi connectivity index (χ3n) is 4.28. The number of likely N-dealkylation sites (tertiary alicyclic amines) is 1. The normalized spacial score (nSPS) is 17.8. The summed E-state index contributed by atoms with van der Waals surface area (Å²) in [6, 6.07) is 3.71. The standard InChI is InChI=1S/C18H25N5O2/c1-12(2)25-17-8-7-15(10-19-17)18(24)22-9-5-6-16(11-22)23-14(4)20-13(3)21-23/h7-8,10,12,16H,5-6,9,11H2,1-4H3. The minimum absolute atomic E-state index is 0.00258. The number of ether oxygens (including phenoxy) is 1. The van der Waals surface area contributed by atoms with Crippen LogP contribution in [0.2, 0.25) is 0 Å². The highest BCUT2D eigenvalue weighted by Gasteiger charge is 2.27. The SMILES string of the molecule is Cc1nc(C)n(C2CCCN(C(=O)c3ccc(OC(C)C)nc3)C2)n1. The Hall–Kier alpha value is -2.44. The van der Waals surface area contributed by atoms with E-state index in [9.17, 15) is 4.79 Å². The number of aromatic nitrogens is 4. The highest BCUT2D eigenvalue weighted by molar-refractivity contribution is 5.94. The zero-order valence-corrected chi connectivity index (χ0v) is 15.3. The van der Waals surface area contributed by atoms with Crippen LogP contribution in [0.25, 0.3) is 0 Å². The second-order valence-electron chi connectivity index (χ2n) is 6.75. The molecule has 7 heteroatoms. The summed E-state index contributed by atoms with van der Waals surface area (Å²) >= 11 is 0. The van der Waals surface area contributed by atoms with E-state index in [0.717, 1.165) is 31.0 Å². The molecule has 1 aliphatic rings. The molecule has 2 aromatic heterocycles. The van der Waals surface area contributed by atoms with Gasteiger partial charge < -0.3 is 9.64 Å². The molecule has 1 aliphatic heterocycles. The summed E-state index contributed by atoms with van der Waals surface area (Å²) in [5, 5.41) is 4.48. The number of carbonyl (C=O) groups is 1. The topological polar surface area (TPSA) is 73.1 Å². The van der Waals surface area contributed by atoms with E-state index in [4.69, 9.17) is 4.74 Å². The van der Waals surface area contributed by atoms with Gasteiger partial charge in [-0.3, -0.25) is 4.79 Å². The fraction of sp³-hybridized carbons (Fsp3) is 0.556. The van der Waals surface area contributed by atoms with Gasteiger partial charge in [0.2, 0.25) is 5.88 Å². The lowest BCUT2D eigenvalue weighted by Gasteiger charge is -2.33. The van der Waals surface area contributed by atoms with Gasteiger partial charge in [0, 0.05) is 25.4 Å². The van der Waals surface area contributed by atoms with E-state index in [1.807, 2.05) is 37.3 Å². The number of hydrogen-bond donors (Lipinski definition) is 0. The van der Waals surface area contributed by atoms with Crippen LogP contribution >= 0.6 is 0 Å². The highest BCUT2D eigenvalue weighted by Crippen LogP contribution is 2.23. The van der Waals surface area contributed by atoms with Crippen LogP contribution in [0.1, 0.15) is 54.7 Å². The van der Waals surface area contributed by atoms with Crippen molar-refractivity contribution in [2.24, 2.45) is 0 Å². The fourth-order valence-corrected chi connectivity index (χ4v) is 3.22. The molecule has 134 valence electrons. The second-order valence-corrected chi connectivity index (χ2v) is 6.75. The smallest absolute Gasteiger partial charge is 0.255 e. The minimum Gasteiger partial charge on any atom is -0.475 e. The summed E-state index contributed by atoms with van der Waals surface area (Å²) in [6.07, 6.45) is 3.62. The molecular weight excluding hydrogens is 318 g/mol. The van der Waals surface area contributed by atoms with E-state index in [-0.39, 0.29) is 18.1 Å². The van der Waals surface area contributed by atoms with Crippen molar-refractivity contribution in [2.75, 3.05) is 13.1 Å². The number of amides is 1. The van der Waals surface area contributed by atoms with E-state index in [2.05, 4.69) is 15.1 Å². The van der Waals surface area contributed by atoms with Gasteiger partial charge in [0.1, 0.15) is 11.6 Å². The van der Waals surface area contributed by atoms with Crippen molar-refractivity contribution in [3.63, 3.8) is 0 Å². The van der Waals surface area contributed by atoms with E-state index < -0.39 is 0 Å². The van der Waals surface area contributed by atoms with Crippen molar-refractivity contribution in [3.8, 4) is 5.88 Å². The maximum absolute atomic E-state index is 12.8. The van der Waals surface area contributed by atoms with Gasteiger partial charge in [0.25, 0.3) is 5.91 Å². The van der Waals surface area contributed by atoms with E-state index >= 15 is 0 Å². The van der Waals surface area contributed by atoms with Gasteiger partial charge in [-0.2, -0.15) is 5.10 Å². The Balaban J connectivity index is 1.70. The van der Waals surface area contributed by atoms with Gasteiger partial charge in [-0.05, 0) is 46.6 Å². The maximum atomic E-state index is 12.8. The van der Waals surface area contributed by atoms with Gasteiger partial charge in [-0.25, -0.2) is 14.6 Å². The summed E-state index contributed by atoms with van der Waals surface area (Å²) in [4.78, 5) is 23.3. The average Bonchev–Trinajstić information content (AvgIpc) is 2.93. The van der Waals surface area contributed by atoms with E-state index in [1.54, 1.807) is 18.3 Å². The molecule has 25 heavy (non-hydrogen) atoms. The molecule has 3 rings (SSSR count). The summed E-state index contributed by atoms with van der Waals surface area (Å²) in [5.74, 6) is 2.21. The molecule has 1 atom stereocenters. The number of carbonyl (C=O) groups excluding carboxylic acids is 1. The third kappa shape index (κ3) is 3.97. The van der Waals surface area contributed by atoms with Gasteiger partial charge in [-0.1, -0.05) is 0 Å². The van der Waals surface area contributed by atoms with Gasteiger partial charge in [0.05, 0.1) is 17.7 Å². The second kappa shape index (κ2) is 7.21. The Morgan fingerprint density at radius 2 is 2.12 bits per heavy atom. The monoisotopic (exact) mass is 343 g/mol. The average molecular weight is 343 g/mol. The molecule has 0 N–H and O–H groups in total. The molecule has 0 spiro atoms. The van der Waals surface area contributed by atoms with Gasteiger partial charge in [0.15, 0.2) is 0 Å². The van der Waals surface area contributed by atoms with Crippen LogP contribution in [0, 0.1) is 13.8 Å². The molecule has 0 radical (unpaired) electrons. The molecular formula is C18H25N5O2. The molecule has 1 saturated heterocycles. The first-order chi connectivity index (χ1) is 11.9. The number of pyridine rings is 1. The van der Waals surface area contributed by atoms with E-state index in [1.165, 1.54) is 0 Å². The Morgan fingerprint density at radius 3 is 2.72 bits per heavy atom. The molecule has 0 saturated carbocycles. The lowest BCUT2D eigenvalue weighted by Crippen LogP contribution is -2.41. The fourth-order valence-electron chi connectivity index (χ4n) is 3.22. The first-order valence-electron chi connectivity index (χ1n) is 8.76. The summed E-state index contributed by atoms with van der Waals surface area (Å²) in [6.45, 7) is 9.14. The van der Waals surface area contributed by atoms with Crippen molar-refractivity contribution < 1.29 is 9.53 Å². The molecule has 1 unspecified atom stereocenters. The largest absolute Gasteiger partial charge is 0.475 e. The molecule has 2 aromatic rings. The Bertz CT molecular complexity index is 738. The molecule has 0 bridgehead atoms. The van der Waals surface area contributed by atoms with Crippen LogP contribution in [0.4, 0.5) is 0 Å². The van der Waals surface area contributed by atoms with Crippen molar-refractivity contribution in [1.82, 2.24) is 24.6 Å². The molecule has 1 fully saturated rings. The van der Waals surface area contributed by atoms with Crippen LogP contribution in [-0.4, -0.2) is 49.7 Å². The molecule has 0 aliphatic carbocycles. The predicted molar refractivity (Wildman–Crippen MR) is 93.7 cm³/mol. The molecule has 3 heterocycles. The third-order valence-corrected chi connectivity index (χ3v) is 4.28. The van der Waals surface area contributed by atoms with Gasteiger partial charge >= 0.3 is 0 Å². The zero-order chi connectivity index (χ0) is 18.0. The Kier molecular flexibility index (Phi) is 5.01. The number of aryl methyl sites for hydroxylation is 2. The van der Waals surface area contributed by atoms with Crippen molar-refractivity contribution >= 4 is 5.91 Å². The number of nitrogens with zero attached hydrogens (tertiary/aromatic N) is 5.